The van der Waals surface area contributed by atoms with E-state index in [2.05, 4.69) is 21.1 Å². The molecule has 1 aliphatic heterocycles. The molecular weight excluding hydrogens is 304 g/mol. The van der Waals surface area contributed by atoms with Crippen LogP contribution in [0.5, 0.6) is 0 Å². The van der Waals surface area contributed by atoms with Gasteiger partial charge in [-0.2, -0.15) is 0 Å². The molecule has 0 aromatic heterocycles. The van der Waals surface area contributed by atoms with Crippen LogP contribution in [-0.2, 0) is 19.7 Å². The number of nitrogens with zero attached hydrogens (tertiary/aromatic N) is 2. The highest BCUT2D eigenvalue weighted by Crippen LogP contribution is 2.04. The van der Waals surface area contributed by atoms with Gasteiger partial charge in [-0.1, -0.05) is 26.7 Å². The molecule has 0 unspecified atom stereocenters. The van der Waals surface area contributed by atoms with E-state index in [1.54, 1.807) is 0 Å². The summed E-state index contributed by atoms with van der Waals surface area (Å²) in [4.78, 5) is 0. The molecule has 1 heterocycles. The minimum absolute atomic E-state index is 0.0511. The first-order valence-electron chi connectivity index (χ1n) is 6.46. The minimum atomic E-state index is -3.56. The monoisotopic (exact) mass is 324 g/mol. The van der Waals surface area contributed by atoms with E-state index >= 15 is 0 Å². The third-order valence-corrected chi connectivity index (χ3v) is 5.82. The van der Waals surface area contributed by atoms with Gasteiger partial charge in [0.1, 0.15) is 0 Å². The Bertz CT molecular complexity index is 539. The summed E-state index contributed by atoms with van der Waals surface area (Å²) in [5, 5.41) is 6.44. The lowest BCUT2D eigenvalue weighted by atomic mass is 10.4. The van der Waals surface area contributed by atoms with E-state index in [1.807, 2.05) is 13.8 Å². The highest BCUT2D eigenvalue weighted by Gasteiger charge is 2.26. The largest absolute Gasteiger partial charge is 0.259 e. The number of amidine groups is 2. The van der Waals surface area contributed by atoms with Crippen molar-refractivity contribution in [1.82, 2.24) is 10.9 Å². The van der Waals surface area contributed by atoms with Crippen LogP contribution in [0.1, 0.15) is 39.5 Å². The molecule has 0 saturated carbocycles. The Labute approximate surface area is 119 Å². The van der Waals surface area contributed by atoms with Crippen LogP contribution in [0.2, 0.25) is 0 Å². The first-order valence-corrected chi connectivity index (χ1v) is 9.77. The molecule has 2 N–H and O–H groups in total. The first kappa shape index (κ1) is 16.9. The highest BCUT2D eigenvalue weighted by molar-refractivity contribution is 8.07. The zero-order valence-electron chi connectivity index (χ0n) is 11.6. The number of nitrogens with one attached hydrogen (secondary N) is 2. The second-order valence-corrected chi connectivity index (χ2v) is 8.45. The lowest BCUT2D eigenvalue weighted by molar-refractivity contribution is 0.597. The van der Waals surface area contributed by atoms with Crippen LogP contribution in [0.25, 0.3) is 0 Å². The van der Waals surface area contributed by atoms with Crippen LogP contribution in [0.4, 0.5) is 0 Å². The molecule has 8 nitrogen and oxygen atoms in total. The molecule has 0 spiro atoms. The molecule has 10 heteroatoms. The van der Waals surface area contributed by atoms with Gasteiger partial charge in [0.2, 0.25) is 19.7 Å². The molecule has 0 bridgehead atoms. The number of hydrogen-bond donors (Lipinski definition) is 2. The average Bonchev–Trinajstić information content (AvgIpc) is 2.43. The van der Waals surface area contributed by atoms with Crippen molar-refractivity contribution in [1.29, 1.82) is 0 Å². The minimum Gasteiger partial charge on any atom is -0.247 e. The molecule has 0 radical (unpaired) electrons. The molecular formula is C10H20N4O4S2. The van der Waals surface area contributed by atoms with E-state index in [1.165, 1.54) is 0 Å². The van der Waals surface area contributed by atoms with Gasteiger partial charge >= 0.3 is 0 Å². The summed E-state index contributed by atoms with van der Waals surface area (Å²) in [6.45, 7) is 3.75. The third kappa shape index (κ3) is 4.44. The van der Waals surface area contributed by atoms with Gasteiger partial charge in [0, 0.05) is 0 Å². The maximum Gasteiger partial charge on any atom is 0.259 e. The predicted octanol–water partition coefficient (Wildman–Crippen LogP) is 0.151. The van der Waals surface area contributed by atoms with Gasteiger partial charge < -0.3 is 0 Å². The van der Waals surface area contributed by atoms with E-state index in [0.717, 1.165) is 12.8 Å². The lowest BCUT2D eigenvalue weighted by Gasteiger charge is -2.14. The summed E-state index contributed by atoms with van der Waals surface area (Å²) in [5.41, 5.74) is 4.42. The molecule has 1 rings (SSSR count). The van der Waals surface area contributed by atoms with Gasteiger partial charge in [-0.15, -0.1) is 10.2 Å². The number of unbranched alkanes of at least 4 members (excludes halogenated alkanes) is 2. The van der Waals surface area contributed by atoms with Crippen molar-refractivity contribution < 1.29 is 16.8 Å². The van der Waals surface area contributed by atoms with Crippen LogP contribution in [0.15, 0.2) is 10.2 Å². The Balaban J connectivity index is 2.73. The van der Waals surface area contributed by atoms with Crippen molar-refractivity contribution in [2.45, 2.75) is 39.5 Å². The van der Waals surface area contributed by atoms with E-state index in [9.17, 15) is 16.8 Å². The fraction of sp³-hybridized carbons (Fsp3) is 0.800. The van der Waals surface area contributed by atoms with Crippen molar-refractivity contribution in [2.24, 2.45) is 10.2 Å². The number of hydrazone groups is 2. The molecule has 0 amide bonds. The van der Waals surface area contributed by atoms with Gasteiger partial charge in [0.25, 0.3) is 10.3 Å². The van der Waals surface area contributed by atoms with Gasteiger partial charge in [-0.3, -0.25) is 0 Å². The molecule has 0 saturated heterocycles. The normalized spacial score (nSPS) is 15.9. The van der Waals surface area contributed by atoms with Crippen molar-refractivity contribution in [2.75, 3.05) is 11.5 Å². The molecule has 0 fully saturated rings. The van der Waals surface area contributed by atoms with Crippen molar-refractivity contribution in [3.63, 3.8) is 0 Å². The van der Waals surface area contributed by atoms with Crippen LogP contribution < -0.4 is 10.9 Å². The van der Waals surface area contributed by atoms with E-state index < -0.39 is 19.7 Å². The van der Waals surface area contributed by atoms with E-state index in [0.29, 0.717) is 12.8 Å². The quantitative estimate of drug-likeness (QED) is 0.718. The topological polar surface area (TPSA) is 117 Å². The molecule has 0 aliphatic carbocycles. The van der Waals surface area contributed by atoms with Gasteiger partial charge in [-0.25, -0.2) is 27.7 Å². The fourth-order valence-corrected chi connectivity index (χ4v) is 3.85. The summed E-state index contributed by atoms with van der Waals surface area (Å²) in [6.07, 6.45) is 2.49. The summed E-state index contributed by atoms with van der Waals surface area (Å²) in [7, 11) is -7.11. The Hall–Kier alpha value is -1.16. The maximum absolute atomic E-state index is 11.8. The summed E-state index contributed by atoms with van der Waals surface area (Å²) < 4.78 is 47.3. The van der Waals surface area contributed by atoms with Crippen LogP contribution in [-0.4, -0.2) is 38.7 Å². The van der Waals surface area contributed by atoms with Crippen LogP contribution in [0, 0.1) is 0 Å². The van der Waals surface area contributed by atoms with Gasteiger partial charge in [-0.05, 0) is 12.8 Å². The first-order chi connectivity index (χ1) is 9.33. The third-order valence-electron chi connectivity index (χ3n) is 2.63. The summed E-state index contributed by atoms with van der Waals surface area (Å²) >= 11 is 0. The maximum atomic E-state index is 11.8. The fourth-order valence-electron chi connectivity index (χ4n) is 1.39. The van der Waals surface area contributed by atoms with Gasteiger partial charge in [0.15, 0.2) is 0 Å². The zero-order valence-corrected chi connectivity index (χ0v) is 13.2. The van der Waals surface area contributed by atoms with E-state index in [-0.39, 0.29) is 21.8 Å². The number of sulfone groups is 2. The van der Waals surface area contributed by atoms with E-state index in [4.69, 9.17) is 0 Å². The van der Waals surface area contributed by atoms with Crippen molar-refractivity contribution in [3.8, 4) is 0 Å². The Morgan fingerprint density at radius 2 is 1.15 bits per heavy atom. The average molecular weight is 324 g/mol. The molecule has 0 aromatic carbocycles. The standard InChI is InChI=1S/C10H20N4O4S2/c1-3-5-7-19(15,16)9-11-13-10(14-12-9)20(17,18)8-6-4-2/h3-8H2,1-2H3,(H,11,12)(H,13,14). The molecule has 20 heavy (non-hydrogen) atoms. The molecule has 0 aromatic rings. The second-order valence-electron chi connectivity index (χ2n) is 4.40. The Morgan fingerprint density at radius 3 is 1.40 bits per heavy atom. The van der Waals surface area contributed by atoms with Gasteiger partial charge in [0.05, 0.1) is 11.5 Å². The number of rotatable bonds is 6. The van der Waals surface area contributed by atoms with Crippen molar-refractivity contribution >= 4 is 30.0 Å². The smallest absolute Gasteiger partial charge is 0.247 e. The summed E-state index contributed by atoms with van der Waals surface area (Å²) in [6, 6.07) is 0. The SMILES string of the molecule is CCCCS(=O)(=O)C1=NNC(S(=O)(=O)CCCC)=NN1. The Morgan fingerprint density at radius 1 is 0.800 bits per heavy atom. The Kier molecular flexibility index (Phi) is 5.93. The number of hydrogen-bond acceptors (Lipinski definition) is 8. The van der Waals surface area contributed by atoms with Crippen LogP contribution >= 0.6 is 0 Å². The predicted molar refractivity (Wildman–Crippen MR) is 78.5 cm³/mol. The van der Waals surface area contributed by atoms with Crippen molar-refractivity contribution in [3.05, 3.63) is 0 Å². The summed E-state index contributed by atoms with van der Waals surface area (Å²) in [5.74, 6) is -0.102. The highest BCUT2D eigenvalue weighted by atomic mass is 32.2. The van der Waals surface area contributed by atoms with Crippen LogP contribution in [0.3, 0.4) is 0 Å². The second kappa shape index (κ2) is 7.02. The molecule has 1 aliphatic rings. The molecule has 116 valence electrons. The lowest BCUT2D eigenvalue weighted by Crippen LogP contribution is -2.42. The molecule has 0 atom stereocenters. The zero-order chi connectivity index (χ0) is 15.2.